The summed E-state index contributed by atoms with van der Waals surface area (Å²) in [6, 6.07) is 4.87. The van der Waals surface area contributed by atoms with Crippen LogP contribution in [0.3, 0.4) is 0 Å². The molecule has 1 N–H and O–H groups in total. The number of fused-ring (bicyclic) bond motifs is 1. The van der Waals surface area contributed by atoms with Gasteiger partial charge in [0, 0.05) is 17.8 Å². The van der Waals surface area contributed by atoms with Gasteiger partial charge >= 0.3 is 0 Å². The predicted octanol–water partition coefficient (Wildman–Crippen LogP) is 3.50. The Morgan fingerprint density at radius 1 is 1.23 bits per heavy atom. The van der Waals surface area contributed by atoms with Gasteiger partial charge in [0.1, 0.15) is 0 Å². The summed E-state index contributed by atoms with van der Waals surface area (Å²) in [5.41, 5.74) is 3.17. The van der Waals surface area contributed by atoms with Gasteiger partial charge in [-0.2, -0.15) is 5.10 Å². The molecule has 0 spiro atoms. The third kappa shape index (κ3) is 3.28. The van der Waals surface area contributed by atoms with E-state index in [-0.39, 0.29) is 5.91 Å². The van der Waals surface area contributed by atoms with Gasteiger partial charge in [0.2, 0.25) is 0 Å². The quantitative estimate of drug-likeness (QED) is 0.928. The van der Waals surface area contributed by atoms with Crippen LogP contribution >= 0.6 is 23.2 Å². The van der Waals surface area contributed by atoms with Crippen molar-refractivity contribution in [1.29, 1.82) is 0 Å². The number of nitrogens with one attached hydrogen (secondary N) is 1. The molecule has 3 rings (SSSR count). The molecule has 0 unspecified atom stereocenters. The summed E-state index contributed by atoms with van der Waals surface area (Å²) in [4.78, 5) is 12.1. The normalized spacial score (nSPS) is 13.7. The Morgan fingerprint density at radius 2 is 2.05 bits per heavy atom. The molecule has 6 heteroatoms. The Labute approximate surface area is 139 Å². The molecule has 0 atom stereocenters. The molecule has 1 aliphatic carbocycles. The number of halogens is 2. The van der Waals surface area contributed by atoms with Gasteiger partial charge in [0.15, 0.2) is 0 Å². The zero-order chi connectivity index (χ0) is 15.5. The Bertz CT molecular complexity index is 697. The second-order valence-corrected chi connectivity index (χ2v) is 6.25. The minimum atomic E-state index is -0.153. The first kappa shape index (κ1) is 15.4. The van der Waals surface area contributed by atoms with E-state index in [1.165, 1.54) is 24.1 Å². The molecule has 1 amide bonds. The number of carbonyl (C=O) groups excluding carboxylic acids is 1. The van der Waals surface area contributed by atoms with Gasteiger partial charge < -0.3 is 5.32 Å². The monoisotopic (exact) mass is 337 g/mol. The van der Waals surface area contributed by atoms with Crippen molar-refractivity contribution in [3.8, 4) is 0 Å². The number of nitrogens with zero attached hydrogens (tertiary/aromatic N) is 2. The van der Waals surface area contributed by atoms with E-state index in [0.717, 1.165) is 12.8 Å². The average molecular weight is 338 g/mol. The standard InChI is InChI=1S/C16H17Cl2N3O/c17-13-6-5-11(9-14(13)18)16(22)19-7-8-21-15-4-2-1-3-12(15)10-20-21/h5-6,9-10H,1-4,7-8H2,(H,19,22). The van der Waals surface area contributed by atoms with E-state index in [4.69, 9.17) is 23.2 Å². The average Bonchev–Trinajstić information content (AvgIpc) is 2.93. The van der Waals surface area contributed by atoms with E-state index in [9.17, 15) is 4.79 Å². The van der Waals surface area contributed by atoms with Crippen LogP contribution in [0.25, 0.3) is 0 Å². The van der Waals surface area contributed by atoms with E-state index in [2.05, 4.69) is 10.4 Å². The Hall–Kier alpha value is -1.52. The van der Waals surface area contributed by atoms with Gasteiger partial charge in [0.25, 0.3) is 5.91 Å². The van der Waals surface area contributed by atoms with Crippen LogP contribution in [-0.4, -0.2) is 22.2 Å². The summed E-state index contributed by atoms with van der Waals surface area (Å²) < 4.78 is 2.00. The molecular weight excluding hydrogens is 321 g/mol. The van der Waals surface area contributed by atoms with Crippen molar-refractivity contribution in [3.63, 3.8) is 0 Å². The van der Waals surface area contributed by atoms with Crippen LogP contribution in [0, 0.1) is 0 Å². The maximum Gasteiger partial charge on any atom is 0.251 e. The lowest BCUT2D eigenvalue weighted by atomic mass is 9.98. The van der Waals surface area contributed by atoms with Crippen molar-refractivity contribution in [3.05, 3.63) is 51.3 Å². The van der Waals surface area contributed by atoms with Gasteiger partial charge in [-0.05, 0) is 49.4 Å². The fourth-order valence-electron chi connectivity index (χ4n) is 2.76. The fourth-order valence-corrected chi connectivity index (χ4v) is 3.06. The highest BCUT2D eigenvalue weighted by Gasteiger charge is 2.15. The summed E-state index contributed by atoms with van der Waals surface area (Å²) >= 11 is 11.8. The van der Waals surface area contributed by atoms with E-state index in [0.29, 0.717) is 28.7 Å². The number of amides is 1. The van der Waals surface area contributed by atoms with Crippen LogP contribution in [0.2, 0.25) is 10.0 Å². The number of hydrogen-bond acceptors (Lipinski definition) is 2. The minimum absolute atomic E-state index is 0.153. The van der Waals surface area contributed by atoms with Crippen molar-refractivity contribution in [2.45, 2.75) is 32.2 Å². The van der Waals surface area contributed by atoms with Gasteiger partial charge in [-0.15, -0.1) is 0 Å². The van der Waals surface area contributed by atoms with Crippen LogP contribution in [0.5, 0.6) is 0 Å². The summed E-state index contributed by atoms with van der Waals surface area (Å²) in [7, 11) is 0. The van der Waals surface area contributed by atoms with Crippen LogP contribution in [0.15, 0.2) is 24.4 Å². The smallest absolute Gasteiger partial charge is 0.251 e. The first-order valence-electron chi connectivity index (χ1n) is 7.42. The van der Waals surface area contributed by atoms with Crippen LogP contribution in [0.1, 0.15) is 34.5 Å². The number of hydrogen-bond donors (Lipinski definition) is 1. The molecule has 4 nitrogen and oxygen atoms in total. The maximum absolute atomic E-state index is 12.1. The zero-order valence-corrected chi connectivity index (χ0v) is 13.6. The highest BCUT2D eigenvalue weighted by Crippen LogP contribution is 2.22. The van der Waals surface area contributed by atoms with Crippen molar-refractivity contribution in [1.82, 2.24) is 15.1 Å². The lowest BCUT2D eigenvalue weighted by Gasteiger charge is -2.14. The molecule has 0 bridgehead atoms. The SMILES string of the molecule is O=C(NCCn1ncc2c1CCCC2)c1ccc(Cl)c(Cl)c1. The number of benzene rings is 1. The molecule has 0 saturated heterocycles. The van der Waals surface area contributed by atoms with Crippen molar-refractivity contribution in [2.75, 3.05) is 6.54 Å². The van der Waals surface area contributed by atoms with Crippen molar-refractivity contribution < 1.29 is 4.79 Å². The second kappa shape index (κ2) is 6.71. The predicted molar refractivity (Wildman–Crippen MR) is 87.7 cm³/mol. The lowest BCUT2D eigenvalue weighted by molar-refractivity contribution is 0.0952. The second-order valence-electron chi connectivity index (χ2n) is 5.43. The molecule has 1 heterocycles. The lowest BCUT2D eigenvalue weighted by Crippen LogP contribution is -2.28. The number of aromatic nitrogens is 2. The Morgan fingerprint density at radius 3 is 2.86 bits per heavy atom. The molecule has 1 aromatic carbocycles. The molecular formula is C16H17Cl2N3O. The van der Waals surface area contributed by atoms with Crippen LogP contribution < -0.4 is 5.32 Å². The molecule has 1 aliphatic rings. The highest BCUT2D eigenvalue weighted by atomic mass is 35.5. The molecule has 0 aliphatic heterocycles. The summed E-state index contributed by atoms with van der Waals surface area (Å²) in [6.45, 7) is 1.22. The highest BCUT2D eigenvalue weighted by molar-refractivity contribution is 6.42. The first-order chi connectivity index (χ1) is 10.6. The number of carbonyl (C=O) groups is 1. The van der Waals surface area contributed by atoms with E-state index >= 15 is 0 Å². The minimum Gasteiger partial charge on any atom is -0.350 e. The van der Waals surface area contributed by atoms with Crippen molar-refractivity contribution >= 4 is 29.1 Å². The first-order valence-corrected chi connectivity index (χ1v) is 8.17. The van der Waals surface area contributed by atoms with Gasteiger partial charge in [-0.25, -0.2) is 0 Å². The van der Waals surface area contributed by atoms with E-state index in [1.54, 1.807) is 18.2 Å². The Kier molecular flexibility index (Phi) is 4.69. The number of aryl methyl sites for hydroxylation is 1. The summed E-state index contributed by atoms with van der Waals surface area (Å²) in [5, 5.41) is 8.14. The molecule has 0 radical (unpaired) electrons. The maximum atomic E-state index is 12.1. The fraction of sp³-hybridized carbons (Fsp3) is 0.375. The summed E-state index contributed by atoms with van der Waals surface area (Å²) in [6.07, 6.45) is 6.61. The molecule has 2 aromatic rings. The van der Waals surface area contributed by atoms with Gasteiger partial charge in [0.05, 0.1) is 22.8 Å². The van der Waals surface area contributed by atoms with E-state index < -0.39 is 0 Å². The molecule has 22 heavy (non-hydrogen) atoms. The van der Waals surface area contributed by atoms with Crippen LogP contribution in [-0.2, 0) is 19.4 Å². The third-order valence-corrected chi connectivity index (χ3v) is 4.67. The zero-order valence-electron chi connectivity index (χ0n) is 12.1. The van der Waals surface area contributed by atoms with Gasteiger partial charge in [-0.1, -0.05) is 23.2 Å². The Balaban J connectivity index is 1.57. The van der Waals surface area contributed by atoms with Crippen molar-refractivity contribution in [2.24, 2.45) is 0 Å². The largest absolute Gasteiger partial charge is 0.350 e. The van der Waals surface area contributed by atoms with Crippen LogP contribution in [0.4, 0.5) is 0 Å². The molecule has 116 valence electrons. The van der Waals surface area contributed by atoms with E-state index in [1.807, 2.05) is 10.9 Å². The molecule has 0 fully saturated rings. The molecule has 1 aromatic heterocycles. The summed E-state index contributed by atoms with van der Waals surface area (Å²) in [5.74, 6) is -0.153. The number of rotatable bonds is 4. The van der Waals surface area contributed by atoms with Gasteiger partial charge in [-0.3, -0.25) is 9.48 Å². The molecule has 0 saturated carbocycles. The topological polar surface area (TPSA) is 46.9 Å². The third-order valence-electron chi connectivity index (χ3n) is 3.94.